The van der Waals surface area contributed by atoms with Gasteiger partial charge >= 0.3 is 0 Å². The van der Waals surface area contributed by atoms with Gasteiger partial charge in [-0.25, -0.2) is 8.42 Å². The fraction of sp³-hybridized carbons (Fsp3) is 0.455. The molecule has 18 heavy (non-hydrogen) atoms. The van der Waals surface area contributed by atoms with Gasteiger partial charge in [0.15, 0.2) is 0 Å². The van der Waals surface area contributed by atoms with E-state index in [0.29, 0.717) is 0 Å². The number of likely N-dealkylation sites (N-methyl/N-ethyl adjacent to an activating group) is 1. The minimum absolute atomic E-state index is 0.198. The Morgan fingerprint density at radius 2 is 2.17 bits per heavy atom. The van der Waals surface area contributed by atoms with Gasteiger partial charge in [-0.3, -0.25) is 9.78 Å². The van der Waals surface area contributed by atoms with Gasteiger partial charge in [0.25, 0.3) is 0 Å². The summed E-state index contributed by atoms with van der Waals surface area (Å²) in [5.74, 6) is -0.360. The van der Waals surface area contributed by atoms with Crippen LogP contribution in [0.2, 0.25) is 0 Å². The first-order valence-electron chi connectivity index (χ1n) is 5.42. The van der Waals surface area contributed by atoms with Crippen molar-refractivity contribution in [2.45, 2.75) is 13.0 Å². The Balaban J connectivity index is 2.56. The van der Waals surface area contributed by atoms with Crippen molar-refractivity contribution in [1.82, 2.24) is 14.6 Å². The molecule has 0 saturated carbocycles. The van der Waals surface area contributed by atoms with Gasteiger partial charge in [0.1, 0.15) is 0 Å². The molecular formula is C11H17N3O3S. The predicted molar refractivity (Wildman–Crippen MR) is 68.3 cm³/mol. The molecule has 0 aliphatic rings. The second-order valence-electron chi connectivity index (χ2n) is 4.06. The summed E-state index contributed by atoms with van der Waals surface area (Å²) in [7, 11) is -1.98. The average Bonchev–Trinajstić information content (AvgIpc) is 2.28. The van der Waals surface area contributed by atoms with E-state index in [1.165, 1.54) is 7.05 Å². The molecule has 1 heterocycles. The Hall–Kier alpha value is -1.47. The van der Waals surface area contributed by atoms with Gasteiger partial charge in [0.05, 0.1) is 24.5 Å². The summed E-state index contributed by atoms with van der Waals surface area (Å²) in [5, 5.41) is 2.69. The van der Waals surface area contributed by atoms with Crippen LogP contribution in [0.25, 0.3) is 0 Å². The molecule has 1 N–H and O–H groups in total. The highest BCUT2D eigenvalue weighted by Crippen LogP contribution is 2.07. The molecule has 100 valence electrons. The summed E-state index contributed by atoms with van der Waals surface area (Å²) in [6.45, 7) is 1.59. The van der Waals surface area contributed by atoms with Gasteiger partial charge < -0.3 is 5.32 Å². The number of pyridine rings is 1. The SMILES string of the molecule is CC(NC(=O)CN(C)S(C)(=O)=O)c1ccccn1. The lowest BCUT2D eigenvalue weighted by Gasteiger charge is -2.17. The number of amides is 1. The maximum atomic E-state index is 11.6. The molecule has 0 aromatic carbocycles. The first-order chi connectivity index (χ1) is 8.30. The number of rotatable bonds is 5. The van der Waals surface area contributed by atoms with E-state index in [1.807, 2.05) is 6.07 Å². The van der Waals surface area contributed by atoms with Crippen LogP contribution in [-0.2, 0) is 14.8 Å². The lowest BCUT2D eigenvalue weighted by molar-refractivity contribution is -0.121. The van der Waals surface area contributed by atoms with E-state index in [1.54, 1.807) is 25.3 Å². The molecule has 1 unspecified atom stereocenters. The van der Waals surface area contributed by atoms with Crippen LogP contribution in [0.5, 0.6) is 0 Å². The van der Waals surface area contributed by atoms with Crippen molar-refractivity contribution in [2.24, 2.45) is 0 Å². The molecule has 1 aromatic rings. The van der Waals surface area contributed by atoms with E-state index >= 15 is 0 Å². The standard InChI is InChI=1S/C11H17N3O3S/c1-9(10-6-4-5-7-12-10)13-11(15)8-14(2)18(3,16)17/h4-7,9H,8H2,1-3H3,(H,13,15). The normalized spacial score (nSPS) is 13.3. The third-order valence-corrected chi connectivity index (χ3v) is 3.70. The minimum Gasteiger partial charge on any atom is -0.347 e. The molecule has 0 bridgehead atoms. The monoisotopic (exact) mass is 271 g/mol. The van der Waals surface area contributed by atoms with Crippen molar-refractivity contribution in [2.75, 3.05) is 19.8 Å². The van der Waals surface area contributed by atoms with Gasteiger partial charge in [-0.1, -0.05) is 6.07 Å². The number of sulfonamides is 1. The fourth-order valence-corrected chi connectivity index (χ4v) is 1.66. The number of carbonyl (C=O) groups is 1. The van der Waals surface area contributed by atoms with Crippen LogP contribution in [0.15, 0.2) is 24.4 Å². The zero-order valence-electron chi connectivity index (χ0n) is 10.6. The molecule has 0 spiro atoms. The van der Waals surface area contributed by atoms with Crippen LogP contribution in [-0.4, -0.2) is 43.5 Å². The lowest BCUT2D eigenvalue weighted by Crippen LogP contribution is -2.38. The highest BCUT2D eigenvalue weighted by atomic mass is 32.2. The van der Waals surface area contributed by atoms with Gasteiger partial charge in [-0.2, -0.15) is 4.31 Å². The van der Waals surface area contributed by atoms with E-state index in [-0.39, 0.29) is 18.5 Å². The quantitative estimate of drug-likeness (QED) is 0.826. The second-order valence-corrected chi connectivity index (χ2v) is 6.15. The summed E-state index contributed by atoms with van der Waals surface area (Å²) in [4.78, 5) is 15.8. The van der Waals surface area contributed by atoms with Crippen molar-refractivity contribution in [3.63, 3.8) is 0 Å². The molecule has 0 radical (unpaired) electrons. The van der Waals surface area contributed by atoms with E-state index < -0.39 is 10.0 Å². The summed E-state index contributed by atoms with van der Waals surface area (Å²) in [6.07, 6.45) is 2.70. The maximum absolute atomic E-state index is 11.6. The van der Waals surface area contributed by atoms with Crippen LogP contribution in [0.3, 0.4) is 0 Å². The van der Waals surface area contributed by atoms with Gasteiger partial charge in [-0.05, 0) is 19.1 Å². The first-order valence-corrected chi connectivity index (χ1v) is 7.27. The predicted octanol–water partition coefficient (Wildman–Crippen LogP) is 0.150. The Morgan fingerprint density at radius 1 is 1.50 bits per heavy atom. The Morgan fingerprint density at radius 3 is 2.67 bits per heavy atom. The molecule has 0 aliphatic heterocycles. The second kappa shape index (κ2) is 5.92. The largest absolute Gasteiger partial charge is 0.347 e. The smallest absolute Gasteiger partial charge is 0.235 e. The number of carbonyl (C=O) groups excluding carboxylic acids is 1. The average molecular weight is 271 g/mol. The molecule has 1 atom stereocenters. The third-order valence-electron chi connectivity index (χ3n) is 2.44. The van der Waals surface area contributed by atoms with Crippen molar-refractivity contribution in [3.8, 4) is 0 Å². The van der Waals surface area contributed by atoms with Crippen LogP contribution in [0.4, 0.5) is 0 Å². The van der Waals surface area contributed by atoms with Crippen LogP contribution in [0.1, 0.15) is 18.7 Å². The van der Waals surface area contributed by atoms with Crippen molar-refractivity contribution in [1.29, 1.82) is 0 Å². The van der Waals surface area contributed by atoms with Crippen molar-refractivity contribution in [3.05, 3.63) is 30.1 Å². The summed E-state index contributed by atoms with van der Waals surface area (Å²) < 4.78 is 23.3. The molecule has 7 heteroatoms. The lowest BCUT2D eigenvalue weighted by atomic mass is 10.2. The van der Waals surface area contributed by atoms with Crippen LogP contribution < -0.4 is 5.32 Å². The third kappa shape index (κ3) is 4.42. The van der Waals surface area contributed by atoms with E-state index in [0.717, 1.165) is 16.3 Å². The summed E-state index contributed by atoms with van der Waals surface area (Å²) in [5.41, 5.74) is 0.729. The maximum Gasteiger partial charge on any atom is 0.235 e. The van der Waals surface area contributed by atoms with Crippen molar-refractivity contribution < 1.29 is 13.2 Å². The van der Waals surface area contributed by atoms with E-state index in [4.69, 9.17) is 0 Å². The van der Waals surface area contributed by atoms with Crippen LogP contribution >= 0.6 is 0 Å². The Bertz CT molecular complexity index is 502. The highest BCUT2D eigenvalue weighted by molar-refractivity contribution is 7.88. The summed E-state index contributed by atoms with van der Waals surface area (Å²) in [6, 6.07) is 5.15. The Kier molecular flexibility index (Phi) is 4.80. The van der Waals surface area contributed by atoms with Gasteiger partial charge in [-0.15, -0.1) is 0 Å². The summed E-state index contributed by atoms with van der Waals surface area (Å²) >= 11 is 0. The van der Waals surface area contributed by atoms with E-state index in [9.17, 15) is 13.2 Å². The molecule has 0 aliphatic carbocycles. The Labute approximate surface area is 107 Å². The number of nitrogens with zero attached hydrogens (tertiary/aromatic N) is 2. The highest BCUT2D eigenvalue weighted by Gasteiger charge is 2.17. The molecule has 1 aromatic heterocycles. The topological polar surface area (TPSA) is 79.4 Å². The molecule has 6 nitrogen and oxygen atoms in total. The molecular weight excluding hydrogens is 254 g/mol. The molecule has 1 rings (SSSR count). The van der Waals surface area contributed by atoms with Crippen LogP contribution in [0, 0.1) is 0 Å². The van der Waals surface area contributed by atoms with Gasteiger partial charge in [0.2, 0.25) is 15.9 Å². The molecule has 1 amide bonds. The van der Waals surface area contributed by atoms with E-state index in [2.05, 4.69) is 10.3 Å². The fourth-order valence-electron chi connectivity index (χ4n) is 1.31. The van der Waals surface area contributed by atoms with Gasteiger partial charge in [0, 0.05) is 13.2 Å². The zero-order valence-corrected chi connectivity index (χ0v) is 11.4. The number of hydrogen-bond acceptors (Lipinski definition) is 4. The number of hydrogen-bond donors (Lipinski definition) is 1. The molecule has 0 saturated heterocycles. The van der Waals surface area contributed by atoms with Crippen molar-refractivity contribution >= 4 is 15.9 Å². The number of aromatic nitrogens is 1. The number of nitrogens with one attached hydrogen (secondary N) is 1. The first kappa shape index (κ1) is 14.6. The minimum atomic E-state index is -3.34. The molecule has 0 fully saturated rings. The zero-order chi connectivity index (χ0) is 13.8.